The van der Waals surface area contributed by atoms with Gasteiger partial charge in [0.1, 0.15) is 3.70 Å². The number of rotatable bonds is 1. The summed E-state index contributed by atoms with van der Waals surface area (Å²) in [7, 11) is 1.78. The molecule has 1 heterocycles. The van der Waals surface area contributed by atoms with Gasteiger partial charge in [0.25, 0.3) is 5.91 Å². The number of carbonyl (C=O) groups excluding carboxylic acids is 1. The van der Waals surface area contributed by atoms with Crippen molar-refractivity contribution in [1.29, 1.82) is 0 Å². The third kappa shape index (κ3) is 1.37. The van der Waals surface area contributed by atoms with E-state index in [0.717, 1.165) is 5.69 Å². The molecule has 0 saturated carbocycles. The zero-order valence-corrected chi connectivity index (χ0v) is 8.42. The number of hydrogen-bond acceptors (Lipinski definition) is 2. The molecule has 0 spiro atoms. The molecule has 1 aromatic rings. The minimum atomic E-state index is -0.417. The number of hydrogen-bond donors (Lipinski definition) is 1. The Kier molecular flexibility index (Phi) is 2.17. The van der Waals surface area contributed by atoms with E-state index >= 15 is 0 Å². The van der Waals surface area contributed by atoms with Crippen LogP contribution >= 0.6 is 22.6 Å². The third-order valence-electron chi connectivity index (χ3n) is 1.54. The zero-order valence-electron chi connectivity index (χ0n) is 6.26. The summed E-state index contributed by atoms with van der Waals surface area (Å²) in [5, 5.41) is 4.03. The second-order valence-corrected chi connectivity index (χ2v) is 3.26. The summed E-state index contributed by atoms with van der Waals surface area (Å²) in [5.41, 5.74) is 6.46. The number of aryl methyl sites for hydroxylation is 1. The SMILES string of the molecule is Cc1c(C(N)=O)c(I)nn1C. The Labute approximate surface area is 77.9 Å². The van der Waals surface area contributed by atoms with Crippen molar-refractivity contribution < 1.29 is 4.79 Å². The standard InChI is InChI=1S/C6H8IN3O/c1-3-4(6(8)11)5(7)9-10(3)2/h1-2H3,(H2,8,11). The molecule has 0 aliphatic heterocycles. The summed E-state index contributed by atoms with van der Waals surface area (Å²) in [6.07, 6.45) is 0. The molecule has 0 aromatic carbocycles. The van der Waals surface area contributed by atoms with Crippen LogP contribution in [0.5, 0.6) is 0 Å². The number of aromatic nitrogens is 2. The van der Waals surface area contributed by atoms with Crippen LogP contribution in [0, 0.1) is 10.6 Å². The number of nitrogens with zero attached hydrogens (tertiary/aromatic N) is 2. The van der Waals surface area contributed by atoms with Crippen LogP contribution in [-0.2, 0) is 7.05 Å². The Morgan fingerprint density at radius 2 is 2.27 bits per heavy atom. The van der Waals surface area contributed by atoms with E-state index in [1.807, 2.05) is 29.5 Å². The van der Waals surface area contributed by atoms with E-state index in [2.05, 4.69) is 5.10 Å². The molecule has 1 rings (SSSR count). The second-order valence-electron chi connectivity index (χ2n) is 2.24. The van der Waals surface area contributed by atoms with Gasteiger partial charge in [-0.25, -0.2) is 0 Å². The molecule has 1 aromatic heterocycles. The maximum Gasteiger partial charge on any atom is 0.253 e. The summed E-state index contributed by atoms with van der Waals surface area (Å²) in [4.78, 5) is 10.8. The molecular formula is C6H8IN3O. The molecule has 0 atom stereocenters. The van der Waals surface area contributed by atoms with Crippen LogP contribution in [0.4, 0.5) is 0 Å². The van der Waals surface area contributed by atoms with Crippen LogP contribution in [-0.4, -0.2) is 15.7 Å². The Balaban J connectivity index is 3.34. The lowest BCUT2D eigenvalue weighted by Gasteiger charge is -1.93. The minimum absolute atomic E-state index is 0.417. The smallest absolute Gasteiger partial charge is 0.253 e. The summed E-state index contributed by atoms with van der Waals surface area (Å²) >= 11 is 1.99. The van der Waals surface area contributed by atoms with Crippen molar-refractivity contribution in [1.82, 2.24) is 9.78 Å². The molecule has 0 saturated heterocycles. The van der Waals surface area contributed by atoms with Gasteiger partial charge in [-0.15, -0.1) is 0 Å². The number of carbonyl (C=O) groups is 1. The highest BCUT2D eigenvalue weighted by Crippen LogP contribution is 2.13. The molecule has 0 aliphatic carbocycles. The van der Waals surface area contributed by atoms with Crippen LogP contribution in [0.25, 0.3) is 0 Å². The maximum absolute atomic E-state index is 10.8. The molecule has 4 nitrogen and oxygen atoms in total. The van der Waals surface area contributed by atoms with Gasteiger partial charge in [-0.3, -0.25) is 9.48 Å². The first kappa shape index (κ1) is 8.51. The van der Waals surface area contributed by atoms with E-state index in [1.54, 1.807) is 11.7 Å². The number of halogens is 1. The Bertz CT molecular complexity index is 305. The lowest BCUT2D eigenvalue weighted by atomic mass is 10.2. The van der Waals surface area contributed by atoms with E-state index < -0.39 is 5.91 Å². The highest BCUT2D eigenvalue weighted by Gasteiger charge is 2.14. The van der Waals surface area contributed by atoms with Gasteiger partial charge >= 0.3 is 0 Å². The molecular weight excluding hydrogens is 257 g/mol. The molecule has 1 amide bonds. The molecule has 2 N–H and O–H groups in total. The summed E-state index contributed by atoms with van der Waals surface area (Å²) in [6.45, 7) is 1.81. The normalized spacial score (nSPS) is 10.1. The summed E-state index contributed by atoms with van der Waals surface area (Å²) in [5.74, 6) is -0.417. The van der Waals surface area contributed by atoms with Crippen LogP contribution in [0.2, 0.25) is 0 Å². The van der Waals surface area contributed by atoms with Gasteiger partial charge in [-0.1, -0.05) is 0 Å². The summed E-state index contributed by atoms with van der Waals surface area (Å²) < 4.78 is 2.30. The van der Waals surface area contributed by atoms with Crippen LogP contribution in [0.15, 0.2) is 0 Å². The van der Waals surface area contributed by atoms with Crippen molar-refractivity contribution in [3.63, 3.8) is 0 Å². The van der Waals surface area contributed by atoms with Gasteiger partial charge in [0.2, 0.25) is 0 Å². The highest BCUT2D eigenvalue weighted by molar-refractivity contribution is 14.1. The molecule has 0 radical (unpaired) electrons. The van der Waals surface area contributed by atoms with Crippen molar-refractivity contribution in [2.24, 2.45) is 12.8 Å². The Morgan fingerprint density at radius 3 is 2.45 bits per heavy atom. The largest absolute Gasteiger partial charge is 0.365 e. The topological polar surface area (TPSA) is 60.9 Å². The zero-order chi connectivity index (χ0) is 8.59. The molecule has 0 aliphatic rings. The van der Waals surface area contributed by atoms with Crippen molar-refractivity contribution in [3.8, 4) is 0 Å². The Morgan fingerprint density at radius 1 is 1.73 bits per heavy atom. The Hall–Kier alpha value is -0.590. The minimum Gasteiger partial charge on any atom is -0.365 e. The fourth-order valence-electron chi connectivity index (χ4n) is 0.848. The molecule has 60 valence electrons. The quantitative estimate of drug-likeness (QED) is 0.748. The van der Waals surface area contributed by atoms with E-state index in [1.165, 1.54) is 0 Å². The average Bonchev–Trinajstić information content (AvgIpc) is 2.07. The first-order valence-electron chi connectivity index (χ1n) is 3.03. The van der Waals surface area contributed by atoms with Crippen molar-refractivity contribution in [2.75, 3.05) is 0 Å². The van der Waals surface area contributed by atoms with Gasteiger partial charge in [-0.05, 0) is 29.5 Å². The number of amides is 1. The van der Waals surface area contributed by atoms with E-state index in [9.17, 15) is 4.79 Å². The predicted molar refractivity (Wildman–Crippen MR) is 49.2 cm³/mol. The summed E-state index contributed by atoms with van der Waals surface area (Å²) in [6, 6.07) is 0. The highest BCUT2D eigenvalue weighted by atomic mass is 127. The van der Waals surface area contributed by atoms with Gasteiger partial charge in [0.05, 0.1) is 5.56 Å². The lowest BCUT2D eigenvalue weighted by Crippen LogP contribution is -2.13. The first-order valence-corrected chi connectivity index (χ1v) is 4.10. The average molecular weight is 265 g/mol. The molecule has 0 bridgehead atoms. The van der Waals surface area contributed by atoms with Gasteiger partial charge < -0.3 is 5.73 Å². The van der Waals surface area contributed by atoms with Gasteiger partial charge in [-0.2, -0.15) is 5.10 Å². The van der Waals surface area contributed by atoms with E-state index in [0.29, 0.717) is 9.26 Å². The molecule has 0 unspecified atom stereocenters. The fourth-order valence-corrected chi connectivity index (χ4v) is 1.83. The van der Waals surface area contributed by atoms with Crippen molar-refractivity contribution >= 4 is 28.5 Å². The third-order valence-corrected chi connectivity index (χ3v) is 2.29. The predicted octanol–water partition coefficient (Wildman–Crippen LogP) is 0.432. The van der Waals surface area contributed by atoms with E-state index in [4.69, 9.17) is 5.73 Å². The molecule has 11 heavy (non-hydrogen) atoms. The van der Waals surface area contributed by atoms with E-state index in [-0.39, 0.29) is 0 Å². The molecule has 0 fully saturated rings. The monoisotopic (exact) mass is 265 g/mol. The molecule has 5 heteroatoms. The van der Waals surface area contributed by atoms with Gasteiger partial charge in [0.15, 0.2) is 0 Å². The number of nitrogens with two attached hydrogens (primary N) is 1. The lowest BCUT2D eigenvalue weighted by molar-refractivity contribution is 0.0999. The second kappa shape index (κ2) is 2.80. The van der Waals surface area contributed by atoms with Crippen LogP contribution in [0.3, 0.4) is 0 Å². The van der Waals surface area contributed by atoms with Crippen LogP contribution < -0.4 is 5.73 Å². The van der Waals surface area contributed by atoms with Gasteiger partial charge in [0, 0.05) is 12.7 Å². The van der Waals surface area contributed by atoms with Crippen molar-refractivity contribution in [3.05, 3.63) is 15.0 Å². The first-order chi connectivity index (χ1) is 5.04. The maximum atomic E-state index is 10.8. The fraction of sp³-hybridized carbons (Fsp3) is 0.333. The van der Waals surface area contributed by atoms with Crippen LogP contribution in [0.1, 0.15) is 16.1 Å². The van der Waals surface area contributed by atoms with Crippen molar-refractivity contribution in [2.45, 2.75) is 6.92 Å². The number of primary amides is 1.